The van der Waals surface area contributed by atoms with Crippen LogP contribution in [0.2, 0.25) is 0 Å². The molecular weight excluding hydrogens is 179 g/mol. The predicted molar refractivity (Wildman–Crippen MR) is 53.0 cm³/mol. The number of benzene rings is 1. The Morgan fingerprint density at radius 3 is 2.79 bits per heavy atom. The Balaban J connectivity index is 2.89. The molecule has 1 aromatic rings. The molecule has 70 valence electrons. The molecule has 1 rings (SSSR count). The molecule has 0 aliphatic rings. The Hall–Kier alpha value is -2.00. The van der Waals surface area contributed by atoms with Gasteiger partial charge in [-0.15, -0.1) is 6.42 Å². The van der Waals surface area contributed by atoms with Crippen molar-refractivity contribution >= 4 is 5.69 Å². The fourth-order valence-electron chi connectivity index (χ4n) is 0.987. The second kappa shape index (κ2) is 4.30. The maximum absolute atomic E-state index is 13.1. The van der Waals surface area contributed by atoms with Crippen molar-refractivity contribution in [3.63, 3.8) is 0 Å². The van der Waals surface area contributed by atoms with Crippen LogP contribution in [0.3, 0.4) is 0 Å². The molecule has 1 unspecified atom stereocenters. The van der Waals surface area contributed by atoms with Gasteiger partial charge in [0.05, 0.1) is 11.6 Å². The molecule has 0 amide bonds. The first-order chi connectivity index (χ1) is 6.67. The highest BCUT2D eigenvalue weighted by Crippen LogP contribution is 2.14. The highest BCUT2D eigenvalue weighted by Gasteiger charge is 2.03. The highest BCUT2D eigenvalue weighted by atomic mass is 19.1. The van der Waals surface area contributed by atoms with E-state index in [-0.39, 0.29) is 11.6 Å². The van der Waals surface area contributed by atoms with Gasteiger partial charge in [0.2, 0.25) is 0 Å². The fraction of sp³-hybridized carbons (Fsp3) is 0.182. The molecule has 0 spiro atoms. The Labute approximate surface area is 82.4 Å². The Bertz CT molecular complexity index is 412. The zero-order chi connectivity index (χ0) is 10.6. The second-order valence-electron chi connectivity index (χ2n) is 2.84. The zero-order valence-electron chi connectivity index (χ0n) is 7.71. The molecule has 14 heavy (non-hydrogen) atoms. The molecule has 3 heteroatoms. The van der Waals surface area contributed by atoms with E-state index in [0.29, 0.717) is 5.69 Å². The van der Waals surface area contributed by atoms with Gasteiger partial charge in [0.15, 0.2) is 0 Å². The summed E-state index contributed by atoms with van der Waals surface area (Å²) in [5.41, 5.74) is 0.607. The minimum absolute atomic E-state index is 0.0314. The molecular formula is C11H9FN2. The van der Waals surface area contributed by atoms with E-state index in [2.05, 4.69) is 11.2 Å². The Morgan fingerprint density at radius 1 is 1.57 bits per heavy atom. The summed E-state index contributed by atoms with van der Waals surface area (Å²) in [4.78, 5) is 0. The third-order valence-corrected chi connectivity index (χ3v) is 1.72. The number of nitrogens with zero attached hydrogens (tertiary/aromatic N) is 1. The number of rotatable bonds is 2. The van der Waals surface area contributed by atoms with Gasteiger partial charge in [-0.25, -0.2) is 4.39 Å². The molecule has 1 atom stereocenters. The molecule has 0 heterocycles. The third-order valence-electron chi connectivity index (χ3n) is 1.72. The lowest BCUT2D eigenvalue weighted by Crippen LogP contribution is -2.12. The maximum atomic E-state index is 13.1. The summed E-state index contributed by atoms with van der Waals surface area (Å²) in [6.07, 6.45) is 5.16. The number of hydrogen-bond donors (Lipinski definition) is 1. The van der Waals surface area contributed by atoms with Crippen LogP contribution in [0.4, 0.5) is 10.1 Å². The van der Waals surface area contributed by atoms with Crippen molar-refractivity contribution in [2.45, 2.75) is 13.0 Å². The monoisotopic (exact) mass is 188 g/mol. The predicted octanol–water partition coefficient (Wildman–Crippen LogP) is 2.13. The van der Waals surface area contributed by atoms with Crippen LogP contribution in [0.25, 0.3) is 0 Å². The maximum Gasteiger partial charge on any atom is 0.143 e. The quantitative estimate of drug-likeness (QED) is 0.721. The van der Waals surface area contributed by atoms with Crippen molar-refractivity contribution < 1.29 is 4.39 Å². The van der Waals surface area contributed by atoms with Gasteiger partial charge in [-0.05, 0) is 25.1 Å². The van der Waals surface area contributed by atoms with Crippen molar-refractivity contribution in [1.82, 2.24) is 0 Å². The molecule has 0 aliphatic carbocycles. The Morgan fingerprint density at radius 2 is 2.29 bits per heavy atom. The first kappa shape index (κ1) is 10.1. The molecule has 0 fully saturated rings. The summed E-state index contributed by atoms with van der Waals surface area (Å²) in [6.45, 7) is 1.79. The second-order valence-corrected chi connectivity index (χ2v) is 2.84. The number of nitriles is 1. The molecule has 0 aromatic heterocycles. The SMILES string of the molecule is C#CC(C)Nc1ccc(C#N)c(F)c1. The van der Waals surface area contributed by atoms with Gasteiger partial charge in [-0.3, -0.25) is 0 Å². The Kier molecular flexibility index (Phi) is 3.09. The van der Waals surface area contributed by atoms with E-state index >= 15 is 0 Å². The number of terminal acetylenes is 1. The van der Waals surface area contributed by atoms with Crippen molar-refractivity contribution in [2.24, 2.45) is 0 Å². The summed E-state index contributed by atoms with van der Waals surface area (Å²) < 4.78 is 13.1. The van der Waals surface area contributed by atoms with Crippen LogP contribution in [0, 0.1) is 29.5 Å². The lowest BCUT2D eigenvalue weighted by molar-refractivity contribution is 0.624. The first-order valence-corrected chi connectivity index (χ1v) is 4.09. The molecule has 1 N–H and O–H groups in total. The van der Waals surface area contributed by atoms with Gasteiger partial charge in [-0.2, -0.15) is 5.26 Å². The van der Waals surface area contributed by atoms with E-state index in [1.165, 1.54) is 12.1 Å². The largest absolute Gasteiger partial charge is 0.372 e. The molecule has 0 aliphatic heterocycles. The lowest BCUT2D eigenvalue weighted by atomic mass is 10.2. The van der Waals surface area contributed by atoms with E-state index in [1.807, 2.05) is 0 Å². The van der Waals surface area contributed by atoms with E-state index in [9.17, 15) is 4.39 Å². The van der Waals surface area contributed by atoms with Gasteiger partial charge in [-0.1, -0.05) is 5.92 Å². The summed E-state index contributed by atoms with van der Waals surface area (Å²) in [5.74, 6) is 1.92. The third kappa shape index (κ3) is 2.24. The van der Waals surface area contributed by atoms with Crippen LogP contribution in [0.1, 0.15) is 12.5 Å². The smallest absolute Gasteiger partial charge is 0.143 e. The molecule has 0 saturated heterocycles. The van der Waals surface area contributed by atoms with Crippen LogP contribution in [0.15, 0.2) is 18.2 Å². The van der Waals surface area contributed by atoms with Crippen LogP contribution in [-0.4, -0.2) is 6.04 Å². The fourth-order valence-corrected chi connectivity index (χ4v) is 0.987. The molecule has 2 nitrogen and oxygen atoms in total. The van der Waals surface area contributed by atoms with Gasteiger partial charge in [0.25, 0.3) is 0 Å². The number of halogens is 1. The average Bonchev–Trinajstić information content (AvgIpc) is 2.18. The zero-order valence-corrected chi connectivity index (χ0v) is 7.71. The van der Waals surface area contributed by atoms with Gasteiger partial charge < -0.3 is 5.32 Å². The van der Waals surface area contributed by atoms with E-state index < -0.39 is 5.82 Å². The summed E-state index contributed by atoms with van der Waals surface area (Å²) in [5, 5.41) is 11.4. The highest BCUT2D eigenvalue weighted by molar-refractivity contribution is 5.49. The molecule has 0 saturated carbocycles. The normalized spacial score (nSPS) is 11.1. The molecule has 0 radical (unpaired) electrons. The molecule has 0 bridgehead atoms. The van der Waals surface area contributed by atoms with Crippen LogP contribution in [-0.2, 0) is 0 Å². The van der Waals surface area contributed by atoms with E-state index in [1.54, 1.807) is 19.1 Å². The minimum Gasteiger partial charge on any atom is -0.372 e. The lowest BCUT2D eigenvalue weighted by Gasteiger charge is -2.08. The first-order valence-electron chi connectivity index (χ1n) is 4.09. The number of nitrogens with one attached hydrogen (secondary N) is 1. The minimum atomic E-state index is -0.540. The summed E-state index contributed by atoms with van der Waals surface area (Å²) in [6, 6.07) is 5.88. The van der Waals surface area contributed by atoms with Crippen molar-refractivity contribution in [2.75, 3.05) is 5.32 Å². The van der Waals surface area contributed by atoms with Gasteiger partial charge in [0.1, 0.15) is 11.9 Å². The van der Waals surface area contributed by atoms with Gasteiger partial charge >= 0.3 is 0 Å². The van der Waals surface area contributed by atoms with Crippen molar-refractivity contribution in [1.29, 1.82) is 5.26 Å². The number of anilines is 1. The van der Waals surface area contributed by atoms with Gasteiger partial charge in [0, 0.05) is 5.69 Å². The van der Waals surface area contributed by atoms with Crippen LogP contribution in [0.5, 0.6) is 0 Å². The van der Waals surface area contributed by atoms with Crippen molar-refractivity contribution in [3.8, 4) is 18.4 Å². The molecule has 1 aromatic carbocycles. The topological polar surface area (TPSA) is 35.8 Å². The average molecular weight is 188 g/mol. The summed E-state index contributed by atoms with van der Waals surface area (Å²) >= 11 is 0. The van der Waals surface area contributed by atoms with Crippen LogP contribution < -0.4 is 5.32 Å². The summed E-state index contributed by atoms with van der Waals surface area (Å²) in [7, 11) is 0. The van der Waals surface area contributed by atoms with E-state index in [4.69, 9.17) is 11.7 Å². The number of hydrogen-bond acceptors (Lipinski definition) is 2. The van der Waals surface area contributed by atoms with E-state index in [0.717, 1.165) is 0 Å². The standard InChI is InChI=1S/C11H9FN2/c1-3-8(2)14-10-5-4-9(7-13)11(12)6-10/h1,4-6,8,14H,2H3. The van der Waals surface area contributed by atoms with Crippen molar-refractivity contribution in [3.05, 3.63) is 29.6 Å². The van der Waals surface area contributed by atoms with Crippen LogP contribution >= 0.6 is 0 Å².